The average Bonchev–Trinajstić information content (AvgIpc) is 2.79. The number of aryl methyl sites for hydroxylation is 1. The lowest BCUT2D eigenvalue weighted by molar-refractivity contribution is 0.313. The van der Waals surface area contributed by atoms with Crippen molar-refractivity contribution in [3.8, 4) is 11.5 Å². The topological polar surface area (TPSA) is 90.0 Å². The van der Waals surface area contributed by atoms with Crippen LogP contribution in [0.25, 0.3) is 0 Å². The van der Waals surface area contributed by atoms with Crippen molar-refractivity contribution in [3.63, 3.8) is 0 Å². The first-order chi connectivity index (χ1) is 15.6. The summed E-state index contributed by atoms with van der Waals surface area (Å²) in [6.07, 6.45) is 1.57. The van der Waals surface area contributed by atoms with Gasteiger partial charge in [0.15, 0.2) is 9.84 Å². The van der Waals surface area contributed by atoms with Crippen LogP contribution in [0.15, 0.2) is 82.6 Å². The number of ether oxygens (including phenoxy) is 2. The molecule has 9 heteroatoms. The van der Waals surface area contributed by atoms with E-state index in [2.05, 4.69) is 0 Å². The lowest BCUT2D eigenvalue weighted by Crippen LogP contribution is -2.32. The van der Waals surface area contributed by atoms with E-state index in [1.807, 2.05) is 6.92 Å². The second-order valence-corrected chi connectivity index (χ2v) is 11.4. The van der Waals surface area contributed by atoms with Gasteiger partial charge >= 0.3 is 0 Å². The van der Waals surface area contributed by atoms with Crippen molar-refractivity contribution in [2.75, 3.05) is 30.8 Å². The van der Waals surface area contributed by atoms with Gasteiger partial charge < -0.3 is 9.47 Å². The summed E-state index contributed by atoms with van der Waals surface area (Å²) in [6, 6.07) is 19.7. The first-order valence-electron chi connectivity index (χ1n) is 10.3. The molecule has 0 aliphatic heterocycles. The van der Waals surface area contributed by atoms with Crippen LogP contribution in [-0.2, 0) is 19.9 Å². The number of sulfone groups is 1. The van der Waals surface area contributed by atoms with Crippen molar-refractivity contribution < 1.29 is 26.3 Å². The van der Waals surface area contributed by atoms with E-state index < -0.39 is 19.9 Å². The molecule has 0 radical (unpaired) electrons. The smallest absolute Gasteiger partial charge is 0.264 e. The van der Waals surface area contributed by atoms with Crippen molar-refractivity contribution >= 4 is 25.5 Å². The summed E-state index contributed by atoms with van der Waals surface area (Å²) in [5.74, 6) is 1.15. The number of rotatable bonds is 10. The molecular formula is C24H27NO6S2. The summed E-state index contributed by atoms with van der Waals surface area (Å²) in [5, 5.41) is 0. The Morgan fingerprint density at radius 1 is 0.758 bits per heavy atom. The summed E-state index contributed by atoms with van der Waals surface area (Å²) in [7, 11) is -5.51. The van der Waals surface area contributed by atoms with E-state index in [-0.39, 0.29) is 22.9 Å². The summed E-state index contributed by atoms with van der Waals surface area (Å²) < 4.78 is 62.2. The van der Waals surface area contributed by atoms with E-state index in [1.165, 1.54) is 16.4 Å². The Hall–Kier alpha value is -3.04. The minimum absolute atomic E-state index is 0.198. The normalized spacial score (nSPS) is 11.7. The van der Waals surface area contributed by atoms with E-state index >= 15 is 0 Å². The number of sulfonamides is 1. The van der Waals surface area contributed by atoms with Crippen LogP contribution in [0.1, 0.15) is 12.0 Å². The third-order valence-electron chi connectivity index (χ3n) is 5.00. The van der Waals surface area contributed by atoms with Gasteiger partial charge in [-0.2, -0.15) is 0 Å². The monoisotopic (exact) mass is 489 g/mol. The fourth-order valence-electron chi connectivity index (χ4n) is 3.16. The molecule has 0 aliphatic carbocycles. The van der Waals surface area contributed by atoms with Gasteiger partial charge in [-0.15, -0.1) is 0 Å². The SMILES string of the molecule is COc1ccc(N(CCCOc2ccc(S(C)(=O)=O)cc2)S(=O)(=O)c2ccc(C)cc2)cc1. The zero-order valence-corrected chi connectivity index (χ0v) is 20.4. The molecule has 0 saturated heterocycles. The van der Waals surface area contributed by atoms with Crippen molar-refractivity contribution in [1.82, 2.24) is 0 Å². The second kappa shape index (κ2) is 10.3. The molecule has 0 saturated carbocycles. The van der Waals surface area contributed by atoms with E-state index in [9.17, 15) is 16.8 Å². The molecule has 33 heavy (non-hydrogen) atoms. The molecule has 7 nitrogen and oxygen atoms in total. The first-order valence-corrected chi connectivity index (χ1v) is 13.6. The predicted octanol–water partition coefficient (Wildman–Crippen LogP) is 4.07. The van der Waals surface area contributed by atoms with Gasteiger partial charge in [0.25, 0.3) is 10.0 Å². The maximum absolute atomic E-state index is 13.4. The van der Waals surface area contributed by atoms with Gasteiger partial charge in [0.2, 0.25) is 0 Å². The molecule has 0 bridgehead atoms. The summed E-state index contributed by atoms with van der Waals surface area (Å²) in [4.78, 5) is 0.422. The third kappa shape index (κ3) is 6.27. The number of anilines is 1. The molecule has 0 fully saturated rings. The minimum Gasteiger partial charge on any atom is -0.497 e. The molecule has 0 amide bonds. The number of hydrogen-bond donors (Lipinski definition) is 0. The lowest BCUT2D eigenvalue weighted by Gasteiger charge is -2.25. The summed E-state index contributed by atoms with van der Waals surface area (Å²) in [6.45, 7) is 2.36. The molecule has 0 heterocycles. The van der Waals surface area contributed by atoms with E-state index in [0.717, 1.165) is 11.8 Å². The largest absolute Gasteiger partial charge is 0.497 e. The zero-order valence-electron chi connectivity index (χ0n) is 18.8. The van der Waals surface area contributed by atoms with Crippen molar-refractivity contribution in [3.05, 3.63) is 78.4 Å². The van der Waals surface area contributed by atoms with Crippen molar-refractivity contribution in [2.45, 2.75) is 23.1 Å². The Kier molecular flexibility index (Phi) is 7.65. The molecule has 3 aromatic rings. The molecule has 3 rings (SSSR count). The standard InChI is InChI=1S/C24H27NO6S2/c1-19-5-13-24(14-6-19)33(28,29)25(20-7-9-21(30-2)10-8-20)17-4-18-31-22-11-15-23(16-12-22)32(3,26)27/h5-16H,4,17-18H2,1-3H3. The van der Waals surface area contributed by atoms with E-state index in [1.54, 1.807) is 67.8 Å². The van der Waals surface area contributed by atoms with Crippen LogP contribution in [-0.4, -0.2) is 43.4 Å². The predicted molar refractivity (Wildman–Crippen MR) is 128 cm³/mol. The molecule has 3 aromatic carbocycles. The Morgan fingerprint density at radius 3 is 1.85 bits per heavy atom. The van der Waals surface area contributed by atoms with E-state index in [0.29, 0.717) is 23.6 Å². The first kappa shape index (κ1) is 24.6. The van der Waals surface area contributed by atoms with Gasteiger partial charge in [0.05, 0.1) is 29.2 Å². The quantitative estimate of drug-likeness (QED) is 0.399. The number of methoxy groups -OCH3 is 1. The van der Waals surface area contributed by atoms with Gasteiger partial charge in [-0.3, -0.25) is 4.31 Å². The molecular weight excluding hydrogens is 462 g/mol. The van der Waals surface area contributed by atoms with Crippen LogP contribution in [0, 0.1) is 6.92 Å². The van der Waals surface area contributed by atoms with Crippen LogP contribution in [0.2, 0.25) is 0 Å². The molecule has 0 spiro atoms. The fraction of sp³-hybridized carbons (Fsp3) is 0.250. The lowest BCUT2D eigenvalue weighted by atomic mass is 10.2. The van der Waals surface area contributed by atoms with Crippen LogP contribution < -0.4 is 13.8 Å². The Labute approximate surface area is 195 Å². The van der Waals surface area contributed by atoms with Crippen LogP contribution in [0.4, 0.5) is 5.69 Å². The molecule has 0 unspecified atom stereocenters. The Balaban J connectivity index is 1.75. The maximum atomic E-state index is 13.4. The van der Waals surface area contributed by atoms with Gasteiger partial charge in [0.1, 0.15) is 11.5 Å². The highest BCUT2D eigenvalue weighted by atomic mass is 32.2. The van der Waals surface area contributed by atoms with Gasteiger partial charge in [0, 0.05) is 19.2 Å². The Bertz CT molecular complexity index is 1270. The van der Waals surface area contributed by atoms with Crippen LogP contribution in [0.3, 0.4) is 0 Å². The highest BCUT2D eigenvalue weighted by Gasteiger charge is 2.24. The average molecular weight is 490 g/mol. The highest BCUT2D eigenvalue weighted by molar-refractivity contribution is 7.92. The summed E-state index contributed by atoms with van der Waals surface area (Å²) in [5.41, 5.74) is 1.49. The number of nitrogens with zero attached hydrogens (tertiary/aromatic N) is 1. The molecule has 0 atom stereocenters. The van der Waals surface area contributed by atoms with Crippen molar-refractivity contribution in [1.29, 1.82) is 0 Å². The summed E-state index contributed by atoms with van der Waals surface area (Å²) >= 11 is 0. The number of benzene rings is 3. The van der Waals surface area contributed by atoms with Gasteiger partial charge in [-0.25, -0.2) is 16.8 Å². The van der Waals surface area contributed by atoms with Gasteiger partial charge in [-0.1, -0.05) is 17.7 Å². The highest BCUT2D eigenvalue weighted by Crippen LogP contribution is 2.26. The molecule has 176 valence electrons. The maximum Gasteiger partial charge on any atom is 0.264 e. The fourth-order valence-corrected chi connectivity index (χ4v) is 5.29. The van der Waals surface area contributed by atoms with Crippen LogP contribution >= 0.6 is 0 Å². The van der Waals surface area contributed by atoms with Crippen LogP contribution in [0.5, 0.6) is 11.5 Å². The zero-order chi connectivity index (χ0) is 24.1. The minimum atomic E-state index is -3.79. The van der Waals surface area contributed by atoms with Gasteiger partial charge in [-0.05, 0) is 67.6 Å². The molecule has 0 N–H and O–H groups in total. The van der Waals surface area contributed by atoms with E-state index in [4.69, 9.17) is 9.47 Å². The Morgan fingerprint density at radius 2 is 1.30 bits per heavy atom. The third-order valence-corrected chi connectivity index (χ3v) is 7.97. The number of hydrogen-bond acceptors (Lipinski definition) is 6. The van der Waals surface area contributed by atoms with Crippen molar-refractivity contribution in [2.24, 2.45) is 0 Å². The molecule has 0 aromatic heterocycles. The molecule has 0 aliphatic rings. The second-order valence-electron chi connectivity index (χ2n) is 7.53.